The molecule has 2 aromatic heterocycles. The molecule has 2 aromatic rings. The van der Waals surface area contributed by atoms with E-state index in [1.54, 1.807) is 0 Å². The lowest BCUT2D eigenvalue weighted by Crippen LogP contribution is -2.14. The third kappa shape index (κ3) is 3.03. The Morgan fingerprint density at radius 2 is 1.74 bits per heavy atom. The van der Waals surface area contributed by atoms with Crippen molar-refractivity contribution in [1.82, 2.24) is 20.4 Å². The monoisotopic (exact) mass is 261 g/mol. The number of aromatic amines is 1. The third-order valence-electron chi connectivity index (χ3n) is 2.81. The van der Waals surface area contributed by atoms with Gasteiger partial charge in [-0.15, -0.1) is 10.2 Å². The number of nitrogens with one attached hydrogen (secondary N) is 1. The minimum absolute atomic E-state index is 0.0291. The van der Waals surface area contributed by atoms with Crippen molar-refractivity contribution in [2.24, 2.45) is 0 Å². The molecule has 5 heteroatoms. The number of nitrogens with zero attached hydrogens (tertiary/aromatic N) is 3. The highest BCUT2D eigenvalue weighted by Gasteiger charge is 2.24. The smallest absolute Gasteiger partial charge is 0.221 e. The van der Waals surface area contributed by atoms with Gasteiger partial charge in [-0.05, 0) is 0 Å². The normalized spacial score (nSPS) is 12.9. The molecule has 1 radical (unpaired) electrons. The number of aromatic nitrogens is 4. The van der Waals surface area contributed by atoms with Gasteiger partial charge in [-0.1, -0.05) is 41.5 Å². The molecule has 0 spiro atoms. The Morgan fingerprint density at radius 1 is 1.05 bits per heavy atom. The molecule has 2 heterocycles. The second kappa shape index (κ2) is 4.47. The van der Waals surface area contributed by atoms with E-state index in [-0.39, 0.29) is 10.8 Å². The first-order valence-electron chi connectivity index (χ1n) is 6.46. The van der Waals surface area contributed by atoms with Gasteiger partial charge in [0.25, 0.3) is 0 Å². The highest BCUT2D eigenvalue weighted by molar-refractivity contribution is 5.25. The van der Waals surface area contributed by atoms with Gasteiger partial charge in [0.05, 0.1) is 18.3 Å². The Kier molecular flexibility index (Phi) is 3.24. The predicted molar refractivity (Wildman–Crippen MR) is 71.9 cm³/mol. The molecule has 0 unspecified atom stereocenters. The Hall–Kier alpha value is -1.65. The lowest BCUT2D eigenvalue weighted by atomic mass is 9.89. The second-order valence-electron chi connectivity index (χ2n) is 6.85. The van der Waals surface area contributed by atoms with Gasteiger partial charge in [-0.2, -0.15) is 5.10 Å². The first-order valence-corrected chi connectivity index (χ1v) is 6.46. The molecule has 103 valence electrons. The van der Waals surface area contributed by atoms with Crippen LogP contribution in [0, 0.1) is 6.20 Å². The topological polar surface area (TPSA) is 67.6 Å². The molecule has 1 N–H and O–H groups in total. The van der Waals surface area contributed by atoms with Crippen LogP contribution in [0.1, 0.15) is 64.6 Å². The van der Waals surface area contributed by atoms with Gasteiger partial charge in [-0.3, -0.25) is 5.10 Å². The van der Waals surface area contributed by atoms with Crippen LogP contribution in [0.4, 0.5) is 0 Å². The van der Waals surface area contributed by atoms with Crippen LogP contribution in [0.5, 0.6) is 0 Å². The summed E-state index contributed by atoms with van der Waals surface area (Å²) >= 11 is 0. The van der Waals surface area contributed by atoms with Crippen molar-refractivity contribution in [1.29, 1.82) is 0 Å². The van der Waals surface area contributed by atoms with Crippen molar-refractivity contribution < 1.29 is 4.42 Å². The quantitative estimate of drug-likeness (QED) is 0.902. The summed E-state index contributed by atoms with van der Waals surface area (Å²) in [6.45, 7) is 12.5. The van der Waals surface area contributed by atoms with E-state index in [2.05, 4.69) is 68.1 Å². The van der Waals surface area contributed by atoms with E-state index >= 15 is 0 Å². The molecule has 0 aliphatic carbocycles. The maximum absolute atomic E-state index is 5.71. The van der Waals surface area contributed by atoms with Crippen LogP contribution in [-0.4, -0.2) is 20.4 Å². The van der Waals surface area contributed by atoms with E-state index in [4.69, 9.17) is 4.42 Å². The summed E-state index contributed by atoms with van der Waals surface area (Å²) < 4.78 is 5.71. The Balaban J connectivity index is 2.23. The van der Waals surface area contributed by atoms with E-state index in [0.717, 1.165) is 11.3 Å². The van der Waals surface area contributed by atoms with Crippen molar-refractivity contribution in [2.45, 2.75) is 58.8 Å². The van der Waals surface area contributed by atoms with Crippen molar-refractivity contribution >= 4 is 0 Å². The number of hydrogen-bond acceptors (Lipinski definition) is 4. The molecule has 0 saturated carbocycles. The number of H-pyrrole nitrogens is 1. The molecule has 0 atom stereocenters. The van der Waals surface area contributed by atoms with E-state index in [9.17, 15) is 0 Å². The fourth-order valence-electron chi connectivity index (χ4n) is 1.81. The molecule has 19 heavy (non-hydrogen) atoms. The van der Waals surface area contributed by atoms with Gasteiger partial charge in [-0.25, -0.2) is 0 Å². The van der Waals surface area contributed by atoms with Crippen LogP contribution in [0.2, 0.25) is 0 Å². The minimum atomic E-state index is -0.127. The van der Waals surface area contributed by atoms with Gasteiger partial charge >= 0.3 is 0 Å². The van der Waals surface area contributed by atoms with E-state index < -0.39 is 0 Å². The van der Waals surface area contributed by atoms with Crippen molar-refractivity contribution in [2.75, 3.05) is 0 Å². The lowest BCUT2D eigenvalue weighted by Gasteiger charge is -2.16. The van der Waals surface area contributed by atoms with Gasteiger partial charge in [0.15, 0.2) is 0 Å². The molecule has 0 aromatic carbocycles. The largest absolute Gasteiger partial charge is 0.424 e. The molecular formula is C14H21N4O. The Morgan fingerprint density at radius 3 is 2.26 bits per heavy atom. The summed E-state index contributed by atoms with van der Waals surface area (Å²) in [5.74, 6) is 1.26. The minimum Gasteiger partial charge on any atom is -0.424 e. The summed E-state index contributed by atoms with van der Waals surface area (Å²) in [6.07, 6.45) is 3.61. The van der Waals surface area contributed by atoms with E-state index in [0.29, 0.717) is 18.2 Å². The van der Waals surface area contributed by atoms with E-state index in [1.807, 2.05) is 0 Å². The van der Waals surface area contributed by atoms with Crippen LogP contribution in [0.15, 0.2) is 4.42 Å². The molecule has 0 aliphatic rings. The fourth-order valence-corrected chi connectivity index (χ4v) is 1.81. The summed E-state index contributed by atoms with van der Waals surface area (Å²) in [4.78, 5) is 0. The van der Waals surface area contributed by atoms with Gasteiger partial charge in [0.2, 0.25) is 11.8 Å². The Bertz CT molecular complexity index is 554. The third-order valence-corrected chi connectivity index (χ3v) is 2.81. The molecule has 0 amide bonds. The van der Waals surface area contributed by atoms with Gasteiger partial charge in [0.1, 0.15) is 0 Å². The van der Waals surface area contributed by atoms with Crippen molar-refractivity contribution in [3.63, 3.8) is 0 Å². The summed E-state index contributed by atoms with van der Waals surface area (Å²) in [5, 5.41) is 15.3. The molecule has 0 bridgehead atoms. The van der Waals surface area contributed by atoms with Gasteiger partial charge < -0.3 is 4.42 Å². The highest BCUT2D eigenvalue weighted by atomic mass is 16.4. The zero-order valence-corrected chi connectivity index (χ0v) is 12.5. The van der Waals surface area contributed by atoms with Crippen LogP contribution >= 0.6 is 0 Å². The zero-order valence-electron chi connectivity index (χ0n) is 12.5. The standard InChI is InChI=1S/C14H21N4O/c1-13(2,3)11-9(8-15-17-11)7-10-16-18-12(19-10)14(4,5)6/h7H2,1-6H3,(H,15,17). The molecule has 5 nitrogen and oxygen atoms in total. The fraction of sp³-hybridized carbons (Fsp3) is 0.643. The maximum Gasteiger partial charge on any atom is 0.221 e. The molecular weight excluding hydrogens is 240 g/mol. The van der Waals surface area contributed by atoms with Crippen LogP contribution in [0.25, 0.3) is 0 Å². The summed E-state index contributed by atoms with van der Waals surface area (Å²) in [7, 11) is 0. The SMILES string of the molecule is CC(C)(C)c1nnc(Cc2[c][nH]nc2C(C)(C)C)o1. The second-order valence-corrected chi connectivity index (χ2v) is 6.85. The average Bonchev–Trinajstić information content (AvgIpc) is 2.84. The first kappa shape index (κ1) is 13.8. The van der Waals surface area contributed by atoms with Crippen LogP contribution in [-0.2, 0) is 17.3 Å². The van der Waals surface area contributed by atoms with Gasteiger partial charge in [0, 0.05) is 16.4 Å². The van der Waals surface area contributed by atoms with Crippen molar-refractivity contribution in [3.8, 4) is 0 Å². The lowest BCUT2D eigenvalue weighted by molar-refractivity contribution is 0.374. The van der Waals surface area contributed by atoms with E-state index in [1.165, 1.54) is 0 Å². The van der Waals surface area contributed by atoms with Crippen LogP contribution in [0.3, 0.4) is 0 Å². The average molecular weight is 261 g/mol. The highest BCUT2D eigenvalue weighted by Crippen LogP contribution is 2.26. The molecule has 0 fully saturated rings. The zero-order chi connectivity index (χ0) is 14.3. The van der Waals surface area contributed by atoms with Crippen molar-refractivity contribution in [3.05, 3.63) is 29.2 Å². The molecule has 2 rings (SSSR count). The molecule has 0 saturated heterocycles. The number of rotatable bonds is 2. The summed E-state index contributed by atoms with van der Waals surface area (Å²) in [5.41, 5.74) is 1.82. The number of hydrogen-bond donors (Lipinski definition) is 1. The first-order chi connectivity index (χ1) is 8.68. The summed E-state index contributed by atoms with van der Waals surface area (Å²) in [6, 6.07) is 0. The van der Waals surface area contributed by atoms with Crippen LogP contribution < -0.4 is 0 Å². The maximum atomic E-state index is 5.71. The predicted octanol–water partition coefficient (Wildman–Crippen LogP) is 2.78. The molecule has 0 aliphatic heterocycles. The Labute approximate surface area is 113 Å².